The van der Waals surface area contributed by atoms with Crippen molar-refractivity contribution in [3.05, 3.63) is 42.1 Å². The Kier molecular flexibility index (Phi) is 6.70. The van der Waals surface area contributed by atoms with Crippen LogP contribution in [0.15, 0.2) is 46.5 Å². The first-order valence-corrected chi connectivity index (χ1v) is 12.3. The standard InChI is InChI=1S/C27H27FN6O3/c1-15-9-20(15)26(35)33-25-11-18(5-7-30-25)17-3-4-23(19(10-17)12-29)37-24-6-8-34(14-21(24)28)27(36)22-13-31-16(2)32-22/h3-5,7,10-11,15,20-21,24H,6,8-9,13-14H2,1-2H3,(H,30,33,35)/t15?,20-,21-,24+/m1/s1. The van der Waals surface area contributed by atoms with Gasteiger partial charge in [0.1, 0.15) is 35.3 Å². The summed E-state index contributed by atoms with van der Waals surface area (Å²) in [6.45, 7) is 4.20. The van der Waals surface area contributed by atoms with Gasteiger partial charge in [-0.1, -0.05) is 13.0 Å². The van der Waals surface area contributed by atoms with E-state index in [9.17, 15) is 14.9 Å². The van der Waals surface area contributed by atoms with E-state index < -0.39 is 12.3 Å². The van der Waals surface area contributed by atoms with E-state index in [1.54, 1.807) is 43.5 Å². The number of ether oxygens (including phenoxy) is 1. The molecule has 1 unspecified atom stereocenters. The number of nitrogens with one attached hydrogen (secondary N) is 1. The second-order valence-corrected chi connectivity index (χ2v) is 9.70. The van der Waals surface area contributed by atoms with Crippen LogP contribution in [0.5, 0.6) is 5.75 Å². The van der Waals surface area contributed by atoms with Crippen molar-refractivity contribution in [2.24, 2.45) is 21.8 Å². The van der Waals surface area contributed by atoms with Crippen LogP contribution in [0.3, 0.4) is 0 Å². The smallest absolute Gasteiger partial charge is 0.270 e. The molecule has 1 aromatic heterocycles. The maximum atomic E-state index is 15.0. The number of amidine groups is 1. The fraction of sp³-hybridized carbons (Fsp3) is 0.407. The molecule has 1 aromatic carbocycles. The monoisotopic (exact) mass is 502 g/mol. The average Bonchev–Trinajstić information content (AvgIpc) is 3.48. The van der Waals surface area contributed by atoms with Crippen LogP contribution >= 0.6 is 0 Å². The van der Waals surface area contributed by atoms with Crippen LogP contribution < -0.4 is 10.1 Å². The molecule has 2 aliphatic heterocycles. The lowest BCUT2D eigenvalue weighted by molar-refractivity contribution is -0.127. The number of piperidine rings is 1. The number of nitrogens with zero attached hydrogens (tertiary/aromatic N) is 5. The number of anilines is 1. The fourth-order valence-corrected chi connectivity index (χ4v) is 4.60. The molecule has 3 heterocycles. The molecule has 3 aliphatic rings. The van der Waals surface area contributed by atoms with Gasteiger partial charge in [0.15, 0.2) is 6.17 Å². The molecule has 9 nitrogen and oxygen atoms in total. The molecule has 1 saturated carbocycles. The highest BCUT2D eigenvalue weighted by Crippen LogP contribution is 2.38. The number of benzene rings is 1. The minimum atomic E-state index is -1.41. The lowest BCUT2D eigenvalue weighted by Crippen LogP contribution is -2.51. The number of amides is 2. The molecule has 1 N–H and O–H groups in total. The van der Waals surface area contributed by atoms with E-state index in [4.69, 9.17) is 4.74 Å². The molecule has 190 valence electrons. The Morgan fingerprint density at radius 3 is 2.70 bits per heavy atom. The van der Waals surface area contributed by atoms with E-state index in [0.717, 1.165) is 17.5 Å². The lowest BCUT2D eigenvalue weighted by atomic mass is 10.0. The molecule has 37 heavy (non-hydrogen) atoms. The van der Waals surface area contributed by atoms with E-state index in [2.05, 4.69) is 26.4 Å². The summed E-state index contributed by atoms with van der Waals surface area (Å²) < 4.78 is 20.9. The number of alkyl halides is 1. The number of hydrogen-bond donors (Lipinski definition) is 1. The molecule has 0 radical (unpaired) electrons. The Hall–Kier alpha value is -4.13. The molecule has 0 spiro atoms. The van der Waals surface area contributed by atoms with Crippen molar-refractivity contribution >= 4 is 29.2 Å². The third-order valence-corrected chi connectivity index (χ3v) is 6.94. The molecule has 0 bridgehead atoms. The predicted molar refractivity (Wildman–Crippen MR) is 136 cm³/mol. The maximum absolute atomic E-state index is 15.0. The third-order valence-electron chi connectivity index (χ3n) is 6.94. The third kappa shape index (κ3) is 5.35. The van der Waals surface area contributed by atoms with Crippen molar-refractivity contribution in [2.75, 3.05) is 25.0 Å². The highest BCUT2D eigenvalue weighted by Gasteiger charge is 2.39. The molecule has 10 heteroatoms. The molecule has 2 amide bonds. The van der Waals surface area contributed by atoms with E-state index in [1.807, 2.05) is 6.92 Å². The Labute approximate surface area is 214 Å². The topological polar surface area (TPSA) is 120 Å². The Balaban J connectivity index is 1.24. The lowest BCUT2D eigenvalue weighted by Gasteiger charge is -2.34. The van der Waals surface area contributed by atoms with Crippen LogP contribution in [0.2, 0.25) is 0 Å². The van der Waals surface area contributed by atoms with E-state index in [-0.39, 0.29) is 42.1 Å². The molecular weight excluding hydrogens is 475 g/mol. The summed E-state index contributed by atoms with van der Waals surface area (Å²) in [4.78, 5) is 38.8. The Morgan fingerprint density at radius 1 is 1.24 bits per heavy atom. The first-order chi connectivity index (χ1) is 17.8. The second kappa shape index (κ2) is 10.1. The quantitative estimate of drug-likeness (QED) is 0.649. The minimum absolute atomic E-state index is 0.0334. The summed E-state index contributed by atoms with van der Waals surface area (Å²) in [5.74, 6) is 1.37. The van der Waals surface area contributed by atoms with Crippen molar-refractivity contribution in [3.8, 4) is 22.9 Å². The number of halogens is 1. The van der Waals surface area contributed by atoms with Gasteiger partial charge in [0, 0.05) is 25.1 Å². The fourth-order valence-electron chi connectivity index (χ4n) is 4.60. The number of likely N-dealkylation sites (tertiary alicyclic amines) is 1. The van der Waals surface area contributed by atoms with Gasteiger partial charge in [0.2, 0.25) is 5.91 Å². The summed E-state index contributed by atoms with van der Waals surface area (Å²) in [7, 11) is 0. The van der Waals surface area contributed by atoms with Crippen molar-refractivity contribution in [3.63, 3.8) is 0 Å². The number of aliphatic imine (C=N–C) groups is 2. The number of carbonyl (C=O) groups excluding carboxylic acids is 2. The number of hydrogen-bond acceptors (Lipinski definition) is 7. The number of rotatable bonds is 6. The van der Waals surface area contributed by atoms with Crippen LogP contribution in [0.25, 0.3) is 11.1 Å². The summed E-state index contributed by atoms with van der Waals surface area (Å²) in [5, 5.41) is 12.6. The van der Waals surface area contributed by atoms with Crippen molar-refractivity contribution < 1.29 is 18.7 Å². The van der Waals surface area contributed by atoms with Gasteiger partial charge >= 0.3 is 0 Å². The number of aromatic nitrogens is 1. The SMILES string of the molecule is CC1=NCC(C(=O)N2CC[C@H](Oc3ccc(-c4ccnc(NC(=O)[C@@H]5CC5C)c4)cc3C#N)[C@H](F)C2)=N1. The van der Waals surface area contributed by atoms with Crippen molar-refractivity contribution in [2.45, 2.75) is 39.0 Å². The molecule has 2 aromatic rings. The first kappa shape index (κ1) is 24.6. The average molecular weight is 503 g/mol. The van der Waals surface area contributed by atoms with Gasteiger partial charge in [-0.05, 0) is 54.7 Å². The molecule has 2 fully saturated rings. The van der Waals surface area contributed by atoms with Gasteiger partial charge in [0.05, 0.1) is 18.7 Å². The van der Waals surface area contributed by atoms with Gasteiger partial charge < -0.3 is 15.0 Å². The normalized spacial score (nSPS) is 24.5. The van der Waals surface area contributed by atoms with Crippen LogP contribution in [-0.4, -0.2) is 65.2 Å². The zero-order valence-electron chi connectivity index (χ0n) is 20.6. The van der Waals surface area contributed by atoms with E-state index >= 15 is 4.39 Å². The van der Waals surface area contributed by atoms with Gasteiger partial charge in [-0.15, -0.1) is 0 Å². The number of carbonyl (C=O) groups is 2. The summed E-state index contributed by atoms with van der Waals surface area (Å²) in [6, 6.07) is 10.8. The van der Waals surface area contributed by atoms with Crippen LogP contribution in [-0.2, 0) is 9.59 Å². The highest BCUT2D eigenvalue weighted by atomic mass is 19.1. The van der Waals surface area contributed by atoms with Gasteiger partial charge in [-0.25, -0.2) is 14.4 Å². The predicted octanol–water partition coefficient (Wildman–Crippen LogP) is 3.41. The summed E-state index contributed by atoms with van der Waals surface area (Å²) in [5.41, 5.74) is 2.12. The van der Waals surface area contributed by atoms with Crippen molar-refractivity contribution in [1.82, 2.24) is 9.88 Å². The first-order valence-electron chi connectivity index (χ1n) is 12.3. The van der Waals surface area contributed by atoms with Crippen LogP contribution in [0, 0.1) is 23.2 Å². The molecule has 5 rings (SSSR count). The molecule has 1 saturated heterocycles. The minimum Gasteiger partial charge on any atom is -0.486 e. The zero-order valence-corrected chi connectivity index (χ0v) is 20.6. The van der Waals surface area contributed by atoms with Crippen LogP contribution in [0.4, 0.5) is 10.2 Å². The largest absolute Gasteiger partial charge is 0.486 e. The summed E-state index contributed by atoms with van der Waals surface area (Å²) >= 11 is 0. The second-order valence-electron chi connectivity index (χ2n) is 9.70. The summed E-state index contributed by atoms with van der Waals surface area (Å²) in [6.07, 6.45) is 0.592. The van der Waals surface area contributed by atoms with Crippen molar-refractivity contribution in [1.29, 1.82) is 5.26 Å². The zero-order chi connectivity index (χ0) is 26.1. The van der Waals surface area contributed by atoms with Gasteiger partial charge in [0.25, 0.3) is 5.91 Å². The maximum Gasteiger partial charge on any atom is 0.270 e. The van der Waals surface area contributed by atoms with Crippen LogP contribution in [0.1, 0.15) is 32.3 Å². The van der Waals surface area contributed by atoms with E-state index in [1.165, 1.54) is 4.90 Å². The molecule has 4 atom stereocenters. The molecular formula is C27H27FN6O3. The molecule has 1 aliphatic carbocycles. The Morgan fingerprint density at radius 2 is 2.03 bits per heavy atom. The Bertz CT molecular complexity index is 1350. The van der Waals surface area contributed by atoms with E-state index in [0.29, 0.717) is 36.2 Å². The van der Waals surface area contributed by atoms with Gasteiger partial charge in [-0.3, -0.25) is 14.6 Å². The number of pyridine rings is 1. The van der Waals surface area contributed by atoms with Gasteiger partial charge in [-0.2, -0.15) is 5.26 Å². The number of nitriles is 1. The highest BCUT2D eigenvalue weighted by molar-refractivity contribution is 6.42.